The molecular weight excluding hydrogens is 162 g/mol. The van der Waals surface area contributed by atoms with E-state index in [1.165, 1.54) is 52.1 Å². The minimum absolute atomic E-state index is 0.825. The van der Waals surface area contributed by atoms with Crippen molar-refractivity contribution in [3.63, 3.8) is 0 Å². The third-order valence-corrected chi connectivity index (χ3v) is 3.30. The Labute approximate surface area is 81.1 Å². The number of likely N-dealkylation sites (N-methyl/N-ethyl adjacent to an activating group) is 1. The molecule has 2 fully saturated rings. The molecule has 2 heterocycles. The molecule has 1 atom stereocenters. The highest BCUT2D eigenvalue weighted by Crippen LogP contribution is 2.11. The molecule has 76 valence electrons. The van der Waals surface area contributed by atoms with Gasteiger partial charge in [0, 0.05) is 25.7 Å². The summed E-state index contributed by atoms with van der Waals surface area (Å²) in [5.41, 5.74) is 0. The molecule has 0 aromatic carbocycles. The molecule has 1 unspecified atom stereocenters. The average Bonchev–Trinajstić information content (AvgIpc) is 2.56. The first kappa shape index (κ1) is 9.44. The fraction of sp³-hybridized carbons (Fsp3) is 1.00. The lowest BCUT2D eigenvalue weighted by atomic mass is 10.2. The summed E-state index contributed by atoms with van der Waals surface area (Å²) in [4.78, 5) is 5.12. The van der Waals surface area contributed by atoms with E-state index in [1.807, 2.05) is 0 Å². The van der Waals surface area contributed by atoms with Crippen LogP contribution >= 0.6 is 0 Å². The SMILES string of the molecule is CN1CCCN(C2CCNC2)CC1. The minimum Gasteiger partial charge on any atom is -0.315 e. The van der Waals surface area contributed by atoms with Gasteiger partial charge in [0.1, 0.15) is 0 Å². The van der Waals surface area contributed by atoms with Crippen LogP contribution in [0.25, 0.3) is 0 Å². The zero-order valence-electron chi connectivity index (χ0n) is 8.63. The summed E-state index contributed by atoms with van der Waals surface area (Å²) in [5, 5.41) is 3.45. The normalized spacial score (nSPS) is 33.5. The van der Waals surface area contributed by atoms with E-state index in [1.54, 1.807) is 0 Å². The molecule has 0 spiro atoms. The molecule has 2 rings (SSSR count). The van der Waals surface area contributed by atoms with E-state index in [-0.39, 0.29) is 0 Å². The molecule has 0 aromatic rings. The van der Waals surface area contributed by atoms with Gasteiger partial charge >= 0.3 is 0 Å². The fourth-order valence-electron chi connectivity index (χ4n) is 2.38. The topological polar surface area (TPSA) is 18.5 Å². The van der Waals surface area contributed by atoms with Crippen LogP contribution in [0, 0.1) is 0 Å². The average molecular weight is 183 g/mol. The Morgan fingerprint density at radius 3 is 2.85 bits per heavy atom. The highest BCUT2D eigenvalue weighted by atomic mass is 15.2. The van der Waals surface area contributed by atoms with Gasteiger partial charge in [0.25, 0.3) is 0 Å². The lowest BCUT2D eigenvalue weighted by Crippen LogP contribution is -2.39. The van der Waals surface area contributed by atoms with Gasteiger partial charge in [0.15, 0.2) is 0 Å². The molecule has 0 saturated carbocycles. The van der Waals surface area contributed by atoms with Crippen molar-refractivity contribution in [3.05, 3.63) is 0 Å². The van der Waals surface area contributed by atoms with Crippen molar-refractivity contribution in [2.24, 2.45) is 0 Å². The molecule has 2 aliphatic rings. The summed E-state index contributed by atoms with van der Waals surface area (Å²) in [6.07, 6.45) is 2.69. The third kappa shape index (κ3) is 2.42. The lowest BCUT2D eigenvalue weighted by molar-refractivity contribution is 0.214. The summed E-state index contributed by atoms with van der Waals surface area (Å²) in [6, 6.07) is 0.825. The molecule has 0 bridgehead atoms. The van der Waals surface area contributed by atoms with Gasteiger partial charge in [0.05, 0.1) is 0 Å². The van der Waals surface area contributed by atoms with Crippen molar-refractivity contribution in [1.82, 2.24) is 15.1 Å². The third-order valence-electron chi connectivity index (χ3n) is 3.30. The largest absolute Gasteiger partial charge is 0.315 e. The second kappa shape index (κ2) is 4.40. The summed E-state index contributed by atoms with van der Waals surface area (Å²) in [6.45, 7) is 7.52. The maximum atomic E-state index is 3.45. The minimum atomic E-state index is 0.825. The van der Waals surface area contributed by atoms with Gasteiger partial charge in [0.2, 0.25) is 0 Å². The van der Waals surface area contributed by atoms with Crippen LogP contribution in [0.15, 0.2) is 0 Å². The predicted molar refractivity (Wildman–Crippen MR) is 55.0 cm³/mol. The lowest BCUT2D eigenvalue weighted by Gasteiger charge is -2.26. The second-order valence-electron chi connectivity index (χ2n) is 4.34. The number of hydrogen-bond acceptors (Lipinski definition) is 3. The zero-order valence-corrected chi connectivity index (χ0v) is 8.63. The number of rotatable bonds is 1. The smallest absolute Gasteiger partial charge is 0.0233 e. The van der Waals surface area contributed by atoms with Crippen LogP contribution in [0.5, 0.6) is 0 Å². The highest BCUT2D eigenvalue weighted by molar-refractivity contribution is 4.82. The van der Waals surface area contributed by atoms with E-state index in [0.717, 1.165) is 6.04 Å². The second-order valence-corrected chi connectivity index (χ2v) is 4.34. The van der Waals surface area contributed by atoms with Crippen molar-refractivity contribution in [3.8, 4) is 0 Å². The van der Waals surface area contributed by atoms with Crippen LogP contribution in [0.2, 0.25) is 0 Å². The Balaban J connectivity index is 1.84. The summed E-state index contributed by atoms with van der Waals surface area (Å²) in [5.74, 6) is 0. The van der Waals surface area contributed by atoms with E-state index in [2.05, 4.69) is 22.2 Å². The molecule has 3 nitrogen and oxygen atoms in total. The van der Waals surface area contributed by atoms with Gasteiger partial charge in [-0.05, 0) is 39.5 Å². The van der Waals surface area contributed by atoms with Crippen LogP contribution in [-0.2, 0) is 0 Å². The number of nitrogens with one attached hydrogen (secondary N) is 1. The van der Waals surface area contributed by atoms with E-state index >= 15 is 0 Å². The first-order chi connectivity index (χ1) is 6.36. The quantitative estimate of drug-likeness (QED) is 0.616. The predicted octanol–water partition coefficient (Wildman–Crippen LogP) is -0.0142. The molecule has 2 saturated heterocycles. The number of nitrogens with zero attached hydrogens (tertiary/aromatic N) is 2. The zero-order chi connectivity index (χ0) is 9.10. The van der Waals surface area contributed by atoms with Crippen molar-refractivity contribution in [2.45, 2.75) is 18.9 Å². The Morgan fingerprint density at radius 1 is 1.15 bits per heavy atom. The summed E-state index contributed by atoms with van der Waals surface area (Å²) in [7, 11) is 2.23. The maximum Gasteiger partial charge on any atom is 0.0233 e. The van der Waals surface area contributed by atoms with Gasteiger partial charge in [-0.15, -0.1) is 0 Å². The molecule has 0 amide bonds. The van der Waals surface area contributed by atoms with Gasteiger partial charge in [-0.25, -0.2) is 0 Å². The molecule has 1 N–H and O–H groups in total. The van der Waals surface area contributed by atoms with Crippen LogP contribution in [0.1, 0.15) is 12.8 Å². The van der Waals surface area contributed by atoms with E-state index < -0.39 is 0 Å². The van der Waals surface area contributed by atoms with Crippen LogP contribution in [0.3, 0.4) is 0 Å². The molecule has 3 heteroatoms. The molecule has 13 heavy (non-hydrogen) atoms. The van der Waals surface area contributed by atoms with Crippen molar-refractivity contribution >= 4 is 0 Å². The van der Waals surface area contributed by atoms with E-state index in [9.17, 15) is 0 Å². The Morgan fingerprint density at radius 2 is 2.08 bits per heavy atom. The number of hydrogen-bond donors (Lipinski definition) is 1. The summed E-state index contributed by atoms with van der Waals surface area (Å²) < 4.78 is 0. The molecular formula is C10H21N3. The van der Waals surface area contributed by atoms with E-state index in [0.29, 0.717) is 0 Å². The Hall–Kier alpha value is -0.120. The molecule has 2 aliphatic heterocycles. The van der Waals surface area contributed by atoms with Gasteiger partial charge in [-0.2, -0.15) is 0 Å². The van der Waals surface area contributed by atoms with Crippen molar-refractivity contribution < 1.29 is 0 Å². The fourth-order valence-corrected chi connectivity index (χ4v) is 2.38. The standard InChI is InChI=1S/C10H21N3/c1-12-5-2-6-13(8-7-12)10-3-4-11-9-10/h10-11H,2-9H2,1H3. The monoisotopic (exact) mass is 183 g/mol. The molecule has 0 radical (unpaired) electrons. The Bertz CT molecular complexity index is 154. The van der Waals surface area contributed by atoms with Gasteiger partial charge in [-0.3, -0.25) is 4.90 Å². The first-order valence-electron chi connectivity index (χ1n) is 5.49. The van der Waals surface area contributed by atoms with Crippen LogP contribution in [-0.4, -0.2) is 62.2 Å². The highest BCUT2D eigenvalue weighted by Gasteiger charge is 2.23. The van der Waals surface area contributed by atoms with Crippen molar-refractivity contribution in [1.29, 1.82) is 0 Å². The first-order valence-corrected chi connectivity index (χ1v) is 5.49. The maximum absolute atomic E-state index is 3.45. The van der Waals surface area contributed by atoms with Crippen molar-refractivity contribution in [2.75, 3.05) is 46.3 Å². The Kier molecular flexibility index (Phi) is 3.19. The molecule has 0 aliphatic carbocycles. The molecule has 0 aromatic heterocycles. The van der Waals surface area contributed by atoms with Gasteiger partial charge in [-0.1, -0.05) is 0 Å². The van der Waals surface area contributed by atoms with Crippen LogP contribution in [0.4, 0.5) is 0 Å². The van der Waals surface area contributed by atoms with Crippen LogP contribution < -0.4 is 5.32 Å². The van der Waals surface area contributed by atoms with E-state index in [4.69, 9.17) is 0 Å². The van der Waals surface area contributed by atoms with Gasteiger partial charge < -0.3 is 10.2 Å². The summed E-state index contributed by atoms with van der Waals surface area (Å²) >= 11 is 0.